The van der Waals surface area contributed by atoms with Crippen LogP contribution >= 0.6 is 11.8 Å². The fourth-order valence-electron chi connectivity index (χ4n) is 4.05. The number of para-hydroxylation sites is 1. The van der Waals surface area contributed by atoms with Crippen LogP contribution in [0.15, 0.2) is 90.0 Å². The highest BCUT2D eigenvalue weighted by Crippen LogP contribution is 2.37. The van der Waals surface area contributed by atoms with Crippen LogP contribution < -0.4 is 10.2 Å². The highest BCUT2D eigenvalue weighted by atomic mass is 32.2. The molecule has 174 valence electrons. The van der Waals surface area contributed by atoms with Crippen LogP contribution in [0.1, 0.15) is 16.7 Å². The largest absolute Gasteiger partial charge is 0.350 e. The summed E-state index contributed by atoms with van der Waals surface area (Å²) in [7, 11) is 0. The first-order valence-electron chi connectivity index (χ1n) is 11.2. The van der Waals surface area contributed by atoms with Gasteiger partial charge in [-0.25, -0.2) is 4.90 Å². The van der Waals surface area contributed by atoms with Gasteiger partial charge in [-0.2, -0.15) is 0 Å². The Morgan fingerprint density at radius 1 is 0.943 bits per heavy atom. The Balaban J connectivity index is 1.39. The molecule has 5 rings (SSSR count). The smallest absolute Gasteiger partial charge is 0.298 e. The molecule has 1 aliphatic heterocycles. The topological polar surface area (TPSA) is 71.4 Å². The van der Waals surface area contributed by atoms with Crippen molar-refractivity contribution in [3.63, 3.8) is 0 Å². The summed E-state index contributed by atoms with van der Waals surface area (Å²) in [4.78, 5) is 39.9. The van der Waals surface area contributed by atoms with Gasteiger partial charge in [0.25, 0.3) is 11.1 Å². The Hall–Kier alpha value is -4.10. The number of rotatable bonds is 6. The van der Waals surface area contributed by atoms with Crippen molar-refractivity contribution in [2.45, 2.75) is 20.0 Å². The van der Waals surface area contributed by atoms with Crippen molar-refractivity contribution in [2.75, 3.05) is 4.90 Å². The normalized spacial score (nSPS) is 14.8. The highest BCUT2D eigenvalue weighted by molar-refractivity contribution is 8.19. The quantitative estimate of drug-likeness (QED) is 0.369. The summed E-state index contributed by atoms with van der Waals surface area (Å²) in [6.07, 6.45) is 3.59. The lowest BCUT2D eigenvalue weighted by Crippen LogP contribution is -2.27. The summed E-state index contributed by atoms with van der Waals surface area (Å²) >= 11 is 0.923. The minimum absolute atomic E-state index is 0.110. The van der Waals surface area contributed by atoms with Crippen LogP contribution in [0, 0.1) is 6.92 Å². The Morgan fingerprint density at radius 2 is 1.66 bits per heavy atom. The number of fused-ring (bicyclic) bond motifs is 1. The minimum Gasteiger partial charge on any atom is -0.350 e. The van der Waals surface area contributed by atoms with E-state index in [9.17, 15) is 14.4 Å². The van der Waals surface area contributed by atoms with E-state index in [4.69, 9.17) is 0 Å². The van der Waals surface area contributed by atoms with Crippen molar-refractivity contribution in [3.8, 4) is 0 Å². The van der Waals surface area contributed by atoms with E-state index in [0.717, 1.165) is 39.4 Å². The lowest BCUT2D eigenvalue weighted by Gasteiger charge is -2.12. The highest BCUT2D eigenvalue weighted by Gasteiger charge is 2.36. The first-order valence-corrected chi connectivity index (χ1v) is 12.0. The van der Waals surface area contributed by atoms with Crippen LogP contribution in [0.2, 0.25) is 0 Å². The number of carbonyl (C=O) groups excluding carboxylic acids is 3. The number of imide groups is 1. The van der Waals surface area contributed by atoms with Crippen LogP contribution in [0.4, 0.5) is 10.5 Å². The molecule has 0 spiro atoms. The van der Waals surface area contributed by atoms with Crippen LogP contribution in [0.25, 0.3) is 17.0 Å². The maximum atomic E-state index is 13.1. The summed E-state index contributed by atoms with van der Waals surface area (Å²) in [5, 5.41) is 3.53. The van der Waals surface area contributed by atoms with E-state index in [1.807, 2.05) is 84.4 Å². The SMILES string of the molecule is Cc1ccc(N2C(=O)S/C(=C\c3cn(CC(=O)NCc4ccccc4)c4ccccc34)C2=O)cc1. The second kappa shape index (κ2) is 9.64. The van der Waals surface area contributed by atoms with Crippen molar-refractivity contribution in [2.24, 2.45) is 0 Å². The Morgan fingerprint density at radius 3 is 2.43 bits per heavy atom. The number of thioether (sulfide) groups is 1. The van der Waals surface area contributed by atoms with Crippen molar-refractivity contribution in [3.05, 3.63) is 107 Å². The van der Waals surface area contributed by atoms with Gasteiger partial charge in [0.1, 0.15) is 6.54 Å². The summed E-state index contributed by atoms with van der Waals surface area (Å²) in [5.41, 5.74) is 4.30. The average Bonchev–Trinajstić information content (AvgIpc) is 3.35. The molecule has 1 saturated heterocycles. The molecule has 3 aromatic carbocycles. The summed E-state index contributed by atoms with van der Waals surface area (Å²) < 4.78 is 1.87. The number of amides is 3. The van der Waals surface area contributed by atoms with Crippen LogP contribution in [0.5, 0.6) is 0 Å². The predicted molar refractivity (Wildman–Crippen MR) is 140 cm³/mol. The maximum absolute atomic E-state index is 13.1. The van der Waals surface area contributed by atoms with E-state index < -0.39 is 0 Å². The molecule has 1 N–H and O–H groups in total. The number of aryl methyl sites for hydroxylation is 1. The lowest BCUT2D eigenvalue weighted by molar-refractivity contribution is -0.121. The standard InChI is InChI=1S/C28H23N3O3S/c1-19-11-13-22(14-12-19)31-27(33)25(35-28(31)34)15-21-17-30(24-10-6-5-9-23(21)24)18-26(32)29-16-20-7-3-2-4-8-20/h2-15,17H,16,18H2,1H3,(H,29,32)/b25-15-. The molecule has 0 radical (unpaired) electrons. The molecule has 0 unspecified atom stereocenters. The molecule has 1 aliphatic rings. The van der Waals surface area contributed by atoms with E-state index in [1.165, 1.54) is 4.90 Å². The Labute approximate surface area is 207 Å². The third-order valence-electron chi connectivity index (χ3n) is 5.84. The lowest BCUT2D eigenvalue weighted by atomic mass is 10.1. The van der Waals surface area contributed by atoms with E-state index in [1.54, 1.807) is 18.2 Å². The zero-order valence-electron chi connectivity index (χ0n) is 19.1. The zero-order valence-corrected chi connectivity index (χ0v) is 19.9. The van der Waals surface area contributed by atoms with Gasteiger partial charge >= 0.3 is 0 Å². The number of anilines is 1. The zero-order chi connectivity index (χ0) is 24.4. The summed E-state index contributed by atoms with van der Waals surface area (Å²) in [5.74, 6) is -0.456. The van der Waals surface area contributed by atoms with E-state index in [-0.39, 0.29) is 23.6 Å². The monoisotopic (exact) mass is 481 g/mol. The molecule has 2 heterocycles. The molecule has 7 heteroatoms. The Kier molecular flexibility index (Phi) is 6.25. The van der Waals surface area contributed by atoms with Gasteiger partial charge in [-0.05, 0) is 48.5 Å². The van der Waals surface area contributed by atoms with Gasteiger partial charge in [-0.1, -0.05) is 66.2 Å². The number of nitrogens with one attached hydrogen (secondary N) is 1. The third-order valence-corrected chi connectivity index (χ3v) is 6.71. The molecular formula is C28H23N3O3S. The van der Waals surface area contributed by atoms with Crippen molar-refractivity contribution in [1.29, 1.82) is 0 Å². The number of nitrogens with zero attached hydrogens (tertiary/aromatic N) is 2. The number of aromatic nitrogens is 1. The molecule has 6 nitrogen and oxygen atoms in total. The van der Waals surface area contributed by atoms with Crippen molar-refractivity contribution >= 4 is 51.5 Å². The van der Waals surface area contributed by atoms with Gasteiger partial charge < -0.3 is 9.88 Å². The van der Waals surface area contributed by atoms with Crippen molar-refractivity contribution in [1.82, 2.24) is 9.88 Å². The maximum Gasteiger partial charge on any atom is 0.298 e. The summed E-state index contributed by atoms with van der Waals surface area (Å²) in [6.45, 7) is 2.55. The minimum atomic E-state index is -0.346. The van der Waals surface area contributed by atoms with E-state index >= 15 is 0 Å². The molecule has 3 amide bonds. The van der Waals surface area contributed by atoms with Crippen LogP contribution in [-0.4, -0.2) is 21.6 Å². The molecule has 0 atom stereocenters. The first-order chi connectivity index (χ1) is 17.0. The molecule has 1 fully saturated rings. The second-order valence-corrected chi connectivity index (χ2v) is 9.34. The van der Waals surface area contributed by atoms with Gasteiger partial charge in [-0.15, -0.1) is 0 Å². The first kappa shape index (κ1) is 22.7. The Bertz CT molecular complexity index is 1460. The predicted octanol–water partition coefficient (Wildman–Crippen LogP) is 5.51. The van der Waals surface area contributed by atoms with E-state index in [0.29, 0.717) is 17.1 Å². The number of carbonyl (C=O) groups is 3. The van der Waals surface area contributed by atoms with Crippen molar-refractivity contribution < 1.29 is 14.4 Å². The van der Waals surface area contributed by atoms with Gasteiger partial charge in [0.15, 0.2) is 0 Å². The van der Waals surface area contributed by atoms with Gasteiger partial charge in [-0.3, -0.25) is 14.4 Å². The second-order valence-electron chi connectivity index (χ2n) is 8.34. The molecule has 1 aromatic heterocycles. The molecule has 0 bridgehead atoms. The number of hydrogen-bond acceptors (Lipinski definition) is 4. The molecule has 4 aromatic rings. The third kappa shape index (κ3) is 4.76. The molecule has 35 heavy (non-hydrogen) atoms. The number of benzene rings is 3. The van der Waals surface area contributed by atoms with E-state index in [2.05, 4.69) is 5.32 Å². The molecular weight excluding hydrogens is 458 g/mol. The van der Waals surface area contributed by atoms with Gasteiger partial charge in [0.05, 0.1) is 10.6 Å². The fourth-order valence-corrected chi connectivity index (χ4v) is 4.89. The average molecular weight is 482 g/mol. The molecule has 0 saturated carbocycles. The molecule has 0 aliphatic carbocycles. The van der Waals surface area contributed by atoms with Crippen LogP contribution in [0.3, 0.4) is 0 Å². The van der Waals surface area contributed by atoms with Gasteiger partial charge in [0.2, 0.25) is 5.91 Å². The number of hydrogen-bond donors (Lipinski definition) is 1. The summed E-state index contributed by atoms with van der Waals surface area (Å²) in [6, 6.07) is 24.8. The van der Waals surface area contributed by atoms with Crippen LogP contribution in [-0.2, 0) is 22.7 Å². The fraction of sp³-hybridized carbons (Fsp3) is 0.107. The van der Waals surface area contributed by atoms with Gasteiger partial charge in [0, 0.05) is 29.2 Å².